The summed E-state index contributed by atoms with van der Waals surface area (Å²) < 4.78 is 27.6. The highest BCUT2D eigenvalue weighted by molar-refractivity contribution is 7.89. The second-order valence-corrected chi connectivity index (χ2v) is 10.1. The van der Waals surface area contributed by atoms with E-state index in [-0.39, 0.29) is 17.3 Å². The Morgan fingerprint density at radius 2 is 1.89 bits per heavy atom. The van der Waals surface area contributed by atoms with Gasteiger partial charge in [0.2, 0.25) is 15.9 Å². The molecular formula is C20H30ClN3O3S. The number of hydrogen-bond donors (Lipinski definition) is 1. The van der Waals surface area contributed by atoms with E-state index in [1.807, 2.05) is 6.92 Å². The lowest BCUT2D eigenvalue weighted by molar-refractivity contribution is -0.117. The first-order chi connectivity index (χ1) is 13.4. The van der Waals surface area contributed by atoms with E-state index in [1.165, 1.54) is 25.0 Å². The van der Waals surface area contributed by atoms with Crippen molar-refractivity contribution in [1.82, 2.24) is 9.21 Å². The van der Waals surface area contributed by atoms with Crippen LogP contribution in [0.5, 0.6) is 0 Å². The van der Waals surface area contributed by atoms with Crippen LogP contribution >= 0.6 is 11.6 Å². The Bertz CT molecular complexity index is 788. The Morgan fingerprint density at radius 1 is 1.21 bits per heavy atom. The maximum absolute atomic E-state index is 13.0. The summed E-state index contributed by atoms with van der Waals surface area (Å²) >= 11 is 6.23. The van der Waals surface area contributed by atoms with Gasteiger partial charge in [-0.25, -0.2) is 8.42 Å². The molecule has 1 aromatic carbocycles. The smallest absolute Gasteiger partial charge is 0.243 e. The van der Waals surface area contributed by atoms with E-state index in [0.29, 0.717) is 29.7 Å². The zero-order valence-electron chi connectivity index (χ0n) is 16.5. The quantitative estimate of drug-likeness (QED) is 0.688. The number of carbonyl (C=O) groups excluding carboxylic acids is 1. The van der Waals surface area contributed by atoms with Crippen molar-refractivity contribution in [1.29, 1.82) is 0 Å². The third-order valence-electron chi connectivity index (χ3n) is 5.44. The van der Waals surface area contributed by atoms with E-state index in [2.05, 4.69) is 10.2 Å². The van der Waals surface area contributed by atoms with Crippen molar-refractivity contribution >= 4 is 33.2 Å². The molecule has 0 atom stereocenters. The summed E-state index contributed by atoms with van der Waals surface area (Å²) in [4.78, 5) is 14.8. The Hall–Kier alpha value is -1.15. The van der Waals surface area contributed by atoms with E-state index < -0.39 is 10.0 Å². The van der Waals surface area contributed by atoms with Crippen molar-refractivity contribution in [2.75, 3.05) is 38.0 Å². The van der Waals surface area contributed by atoms with Gasteiger partial charge in [0.25, 0.3) is 0 Å². The lowest BCUT2D eigenvalue weighted by Gasteiger charge is -2.21. The summed E-state index contributed by atoms with van der Waals surface area (Å²) in [6.45, 7) is 5.14. The number of amides is 1. The van der Waals surface area contributed by atoms with Crippen LogP contribution in [0.4, 0.5) is 5.69 Å². The van der Waals surface area contributed by atoms with Crippen LogP contribution in [0.2, 0.25) is 5.02 Å². The maximum atomic E-state index is 13.0. The minimum absolute atomic E-state index is 0.172. The van der Waals surface area contributed by atoms with Crippen molar-refractivity contribution in [3.05, 3.63) is 23.2 Å². The van der Waals surface area contributed by atoms with Crippen LogP contribution in [0, 0.1) is 5.92 Å². The lowest BCUT2D eigenvalue weighted by Crippen LogP contribution is -2.34. The van der Waals surface area contributed by atoms with Gasteiger partial charge in [-0.15, -0.1) is 0 Å². The second kappa shape index (κ2) is 9.57. The van der Waals surface area contributed by atoms with Gasteiger partial charge in [-0.05, 0) is 56.3 Å². The molecule has 0 radical (unpaired) electrons. The van der Waals surface area contributed by atoms with Crippen molar-refractivity contribution in [2.24, 2.45) is 5.92 Å². The average molecular weight is 428 g/mol. The second-order valence-electron chi connectivity index (χ2n) is 7.78. The molecule has 1 saturated heterocycles. The third kappa shape index (κ3) is 5.69. The number of likely N-dealkylation sites (N-methyl/N-ethyl adjacent to an activating group) is 1. The predicted molar refractivity (Wildman–Crippen MR) is 112 cm³/mol. The molecule has 0 bridgehead atoms. The number of rotatable bonds is 8. The standard InChI is InChI=1S/C20H30ClN3O3S/c1-2-23(14-16-7-8-16)15-20(25)22-19-13-17(9-10-18(19)21)28(26,27)24-11-5-3-4-6-12-24/h9-10,13,16H,2-8,11-12,14-15H2,1H3,(H,22,25). The fraction of sp³-hybridized carbons (Fsp3) is 0.650. The molecule has 1 aliphatic carbocycles. The topological polar surface area (TPSA) is 69.7 Å². The molecule has 6 nitrogen and oxygen atoms in total. The molecule has 1 aliphatic heterocycles. The zero-order valence-corrected chi connectivity index (χ0v) is 18.1. The number of sulfonamides is 1. The van der Waals surface area contributed by atoms with Gasteiger partial charge in [-0.2, -0.15) is 4.31 Å². The summed E-state index contributed by atoms with van der Waals surface area (Å²) in [6.07, 6.45) is 6.35. The van der Waals surface area contributed by atoms with E-state index in [1.54, 1.807) is 10.4 Å². The summed E-state index contributed by atoms with van der Waals surface area (Å²) in [5, 5.41) is 3.14. The van der Waals surface area contributed by atoms with Gasteiger partial charge < -0.3 is 5.32 Å². The number of carbonyl (C=O) groups is 1. The molecule has 8 heteroatoms. The first kappa shape index (κ1) is 21.6. The molecule has 0 unspecified atom stereocenters. The monoisotopic (exact) mass is 427 g/mol. The predicted octanol–water partition coefficient (Wildman–Crippen LogP) is 3.58. The highest BCUT2D eigenvalue weighted by atomic mass is 35.5. The number of benzene rings is 1. The molecule has 2 aliphatic rings. The van der Waals surface area contributed by atoms with Gasteiger partial charge in [0.05, 0.1) is 22.2 Å². The minimum atomic E-state index is -3.58. The number of nitrogens with one attached hydrogen (secondary N) is 1. The molecule has 3 rings (SSSR count). The maximum Gasteiger partial charge on any atom is 0.243 e. The molecule has 1 saturated carbocycles. The van der Waals surface area contributed by atoms with Crippen LogP contribution < -0.4 is 5.32 Å². The van der Waals surface area contributed by atoms with Crippen molar-refractivity contribution in [3.63, 3.8) is 0 Å². The number of anilines is 1. The summed E-state index contributed by atoms with van der Waals surface area (Å²) in [5.41, 5.74) is 0.352. The van der Waals surface area contributed by atoms with Gasteiger partial charge in [0, 0.05) is 19.6 Å². The van der Waals surface area contributed by atoms with Gasteiger partial charge in [0.1, 0.15) is 0 Å². The van der Waals surface area contributed by atoms with Gasteiger partial charge in [0.15, 0.2) is 0 Å². The third-order valence-corrected chi connectivity index (χ3v) is 7.67. The Kier molecular flexibility index (Phi) is 7.36. The molecule has 156 valence electrons. The molecule has 0 spiro atoms. The highest BCUT2D eigenvalue weighted by Crippen LogP contribution is 2.30. The fourth-order valence-electron chi connectivity index (χ4n) is 3.56. The first-order valence-corrected chi connectivity index (χ1v) is 12.0. The summed E-state index contributed by atoms with van der Waals surface area (Å²) in [7, 11) is -3.58. The highest BCUT2D eigenvalue weighted by Gasteiger charge is 2.27. The molecule has 28 heavy (non-hydrogen) atoms. The van der Waals surface area contributed by atoms with Crippen molar-refractivity contribution < 1.29 is 13.2 Å². The SMILES string of the molecule is CCN(CC(=O)Nc1cc(S(=O)(=O)N2CCCCCC2)ccc1Cl)CC1CC1. The van der Waals surface area contributed by atoms with Crippen LogP contribution in [-0.4, -0.2) is 56.3 Å². The number of hydrogen-bond acceptors (Lipinski definition) is 4. The largest absolute Gasteiger partial charge is 0.324 e. The summed E-state index contributed by atoms with van der Waals surface area (Å²) in [5.74, 6) is 0.534. The number of halogens is 1. The molecule has 1 N–H and O–H groups in total. The lowest BCUT2D eigenvalue weighted by atomic mass is 10.2. The Morgan fingerprint density at radius 3 is 2.50 bits per heavy atom. The van der Waals surface area contributed by atoms with Gasteiger partial charge in [-0.1, -0.05) is 31.4 Å². The van der Waals surface area contributed by atoms with Crippen molar-refractivity contribution in [3.8, 4) is 0 Å². The molecule has 0 aromatic heterocycles. The Balaban J connectivity index is 1.70. The van der Waals surface area contributed by atoms with Crippen LogP contribution in [0.15, 0.2) is 23.1 Å². The van der Waals surface area contributed by atoms with Crippen molar-refractivity contribution in [2.45, 2.75) is 50.3 Å². The van der Waals surface area contributed by atoms with E-state index in [4.69, 9.17) is 11.6 Å². The van der Waals surface area contributed by atoms with Gasteiger partial charge >= 0.3 is 0 Å². The summed E-state index contributed by atoms with van der Waals surface area (Å²) in [6, 6.07) is 4.55. The van der Waals surface area contributed by atoms with Gasteiger partial charge in [-0.3, -0.25) is 9.69 Å². The van der Waals surface area contributed by atoms with Crippen LogP contribution in [0.1, 0.15) is 45.4 Å². The normalized spacial score (nSPS) is 18.8. The Labute approximate surface area is 173 Å². The number of nitrogens with zero attached hydrogens (tertiary/aromatic N) is 2. The fourth-order valence-corrected chi connectivity index (χ4v) is 5.26. The average Bonchev–Trinajstić information content (AvgIpc) is 3.49. The molecule has 1 heterocycles. The molecule has 2 fully saturated rings. The molecular weight excluding hydrogens is 398 g/mol. The zero-order chi connectivity index (χ0) is 20.1. The first-order valence-electron chi connectivity index (χ1n) is 10.2. The molecule has 1 aromatic rings. The van der Waals surface area contributed by atoms with Crippen LogP contribution in [0.25, 0.3) is 0 Å². The van der Waals surface area contributed by atoms with Crippen LogP contribution in [0.3, 0.4) is 0 Å². The van der Waals surface area contributed by atoms with E-state index in [9.17, 15) is 13.2 Å². The van der Waals surface area contributed by atoms with E-state index >= 15 is 0 Å². The minimum Gasteiger partial charge on any atom is -0.324 e. The van der Waals surface area contributed by atoms with Crippen LogP contribution in [-0.2, 0) is 14.8 Å². The van der Waals surface area contributed by atoms with E-state index in [0.717, 1.165) is 38.8 Å². The molecule has 1 amide bonds.